The lowest BCUT2D eigenvalue weighted by Crippen LogP contribution is -2.30. The molecule has 2 heterocycles. The highest BCUT2D eigenvalue weighted by Crippen LogP contribution is 2.17. The number of benzene rings is 1. The minimum Gasteiger partial charge on any atom is -0.508 e. The van der Waals surface area contributed by atoms with Crippen molar-refractivity contribution in [1.82, 2.24) is 25.0 Å². The third-order valence-corrected chi connectivity index (χ3v) is 4.79. The third-order valence-electron chi connectivity index (χ3n) is 4.79. The van der Waals surface area contributed by atoms with Crippen LogP contribution in [0.3, 0.4) is 0 Å². The third kappa shape index (κ3) is 5.05. The van der Waals surface area contributed by atoms with Gasteiger partial charge in [0.25, 0.3) is 0 Å². The number of ether oxygens (including phenoxy) is 1. The Hall–Kier alpha value is -2.45. The fourth-order valence-corrected chi connectivity index (χ4v) is 3.30. The van der Waals surface area contributed by atoms with Gasteiger partial charge in [-0.05, 0) is 24.6 Å². The van der Waals surface area contributed by atoms with Crippen LogP contribution in [0.1, 0.15) is 36.6 Å². The smallest absolute Gasteiger partial charge is 0.222 e. The standard InChI is InChI=1S/C19H27N5O3/c1-14(20-18(26)8-12-27-2)19-22-21-17-7-9-23(10-11-24(17)19)13-15-3-5-16(25)6-4-15/h3-6,14,25H,7-13H2,1-2H3,(H,20,26)/t14-/m1/s1. The molecular weight excluding hydrogens is 346 g/mol. The summed E-state index contributed by atoms with van der Waals surface area (Å²) in [6, 6.07) is 7.13. The molecule has 1 aromatic carbocycles. The van der Waals surface area contributed by atoms with Gasteiger partial charge in [0.05, 0.1) is 12.6 Å². The van der Waals surface area contributed by atoms with Crippen molar-refractivity contribution in [3.63, 3.8) is 0 Å². The number of carbonyl (C=O) groups is 1. The first kappa shape index (κ1) is 19.3. The lowest BCUT2D eigenvalue weighted by Gasteiger charge is -2.20. The van der Waals surface area contributed by atoms with E-state index in [4.69, 9.17) is 4.74 Å². The molecular formula is C19H27N5O3. The van der Waals surface area contributed by atoms with Crippen LogP contribution in [0.4, 0.5) is 0 Å². The number of phenolic OH excluding ortho intramolecular Hbond substituents is 1. The normalized spacial score (nSPS) is 15.8. The Balaban J connectivity index is 1.61. The number of rotatable bonds is 7. The number of carbonyl (C=O) groups excluding carboxylic acids is 1. The first-order chi connectivity index (χ1) is 13.1. The molecule has 0 fully saturated rings. The quantitative estimate of drug-likeness (QED) is 0.759. The van der Waals surface area contributed by atoms with Gasteiger partial charge in [-0.2, -0.15) is 0 Å². The summed E-state index contributed by atoms with van der Waals surface area (Å²) in [4.78, 5) is 14.3. The first-order valence-corrected chi connectivity index (χ1v) is 9.27. The Bertz CT molecular complexity index is 759. The van der Waals surface area contributed by atoms with E-state index >= 15 is 0 Å². The van der Waals surface area contributed by atoms with Crippen LogP contribution >= 0.6 is 0 Å². The van der Waals surface area contributed by atoms with Crippen molar-refractivity contribution >= 4 is 5.91 Å². The predicted molar refractivity (Wildman–Crippen MR) is 100 cm³/mol. The van der Waals surface area contributed by atoms with Crippen molar-refractivity contribution in [1.29, 1.82) is 0 Å². The summed E-state index contributed by atoms with van der Waals surface area (Å²) in [5.41, 5.74) is 1.17. The summed E-state index contributed by atoms with van der Waals surface area (Å²) in [6.07, 6.45) is 1.15. The summed E-state index contributed by atoms with van der Waals surface area (Å²) in [6.45, 7) is 5.73. The Morgan fingerprint density at radius 3 is 2.78 bits per heavy atom. The molecule has 0 saturated heterocycles. The van der Waals surface area contributed by atoms with Crippen LogP contribution < -0.4 is 5.32 Å². The Labute approximate surface area is 159 Å². The van der Waals surface area contributed by atoms with Gasteiger partial charge in [-0.3, -0.25) is 9.69 Å². The number of aromatic nitrogens is 3. The predicted octanol–water partition coefficient (Wildman–Crippen LogP) is 1.26. The maximum Gasteiger partial charge on any atom is 0.222 e. The topological polar surface area (TPSA) is 92.5 Å². The molecule has 2 N–H and O–H groups in total. The van der Waals surface area contributed by atoms with Crippen LogP contribution in [0.25, 0.3) is 0 Å². The van der Waals surface area contributed by atoms with Gasteiger partial charge in [0.15, 0.2) is 5.82 Å². The molecule has 0 aliphatic carbocycles. The molecule has 1 aliphatic rings. The van der Waals surface area contributed by atoms with Crippen molar-refractivity contribution in [2.24, 2.45) is 0 Å². The molecule has 1 atom stereocenters. The Kier molecular flexibility index (Phi) is 6.41. The van der Waals surface area contributed by atoms with Gasteiger partial charge in [-0.15, -0.1) is 10.2 Å². The van der Waals surface area contributed by atoms with Crippen LogP contribution in [-0.4, -0.2) is 57.5 Å². The van der Waals surface area contributed by atoms with E-state index in [1.807, 2.05) is 19.1 Å². The van der Waals surface area contributed by atoms with E-state index in [-0.39, 0.29) is 17.7 Å². The zero-order chi connectivity index (χ0) is 19.2. The molecule has 8 heteroatoms. The average Bonchev–Trinajstić information content (AvgIpc) is 2.97. The summed E-state index contributed by atoms with van der Waals surface area (Å²) in [5.74, 6) is 1.98. The van der Waals surface area contributed by atoms with Gasteiger partial charge in [0.1, 0.15) is 11.6 Å². The minimum atomic E-state index is -0.195. The molecule has 0 radical (unpaired) electrons. The highest BCUT2D eigenvalue weighted by Gasteiger charge is 2.22. The SMILES string of the molecule is COCCC(=O)N[C@H](C)c1nnc2n1CCN(Cc1ccc(O)cc1)CC2. The zero-order valence-corrected chi connectivity index (χ0v) is 15.9. The molecule has 0 bridgehead atoms. The second-order valence-corrected chi connectivity index (χ2v) is 6.85. The highest BCUT2D eigenvalue weighted by atomic mass is 16.5. The van der Waals surface area contributed by atoms with Crippen molar-refractivity contribution in [2.75, 3.05) is 26.8 Å². The average molecular weight is 373 g/mol. The Morgan fingerprint density at radius 2 is 2.04 bits per heavy atom. The van der Waals surface area contributed by atoms with Gasteiger partial charge < -0.3 is 19.7 Å². The van der Waals surface area contributed by atoms with Crippen molar-refractivity contribution < 1.29 is 14.6 Å². The molecule has 0 spiro atoms. The van der Waals surface area contributed by atoms with Gasteiger partial charge in [0.2, 0.25) is 5.91 Å². The van der Waals surface area contributed by atoms with Crippen molar-refractivity contribution in [2.45, 2.75) is 38.9 Å². The first-order valence-electron chi connectivity index (χ1n) is 9.27. The number of phenols is 1. The van der Waals surface area contributed by atoms with E-state index in [1.165, 1.54) is 5.56 Å². The number of hydrogen-bond donors (Lipinski definition) is 2. The molecule has 0 saturated carbocycles. The maximum absolute atomic E-state index is 11.9. The molecule has 146 valence electrons. The fraction of sp³-hybridized carbons (Fsp3) is 0.526. The van der Waals surface area contributed by atoms with Crippen LogP contribution in [0.15, 0.2) is 24.3 Å². The zero-order valence-electron chi connectivity index (χ0n) is 15.9. The van der Waals surface area contributed by atoms with Crippen LogP contribution in [0.2, 0.25) is 0 Å². The summed E-state index contributed by atoms with van der Waals surface area (Å²) >= 11 is 0. The number of fused-ring (bicyclic) bond motifs is 1. The second kappa shape index (κ2) is 8.96. The number of methoxy groups -OCH3 is 1. The number of amides is 1. The van der Waals surface area contributed by atoms with Gasteiger partial charge in [-0.1, -0.05) is 12.1 Å². The number of hydrogen-bond acceptors (Lipinski definition) is 6. The number of nitrogens with zero attached hydrogens (tertiary/aromatic N) is 4. The number of aromatic hydroxyl groups is 1. The highest BCUT2D eigenvalue weighted by molar-refractivity contribution is 5.76. The molecule has 1 amide bonds. The fourth-order valence-electron chi connectivity index (χ4n) is 3.30. The lowest BCUT2D eigenvalue weighted by molar-refractivity contribution is -0.122. The molecule has 0 unspecified atom stereocenters. The molecule has 27 heavy (non-hydrogen) atoms. The second-order valence-electron chi connectivity index (χ2n) is 6.85. The molecule has 1 aliphatic heterocycles. The lowest BCUT2D eigenvalue weighted by atomic mass is 10.2. The molecule has 2 aromatic rings. The van der Waals surface area contributed by atoms with E-state index in [0.29, 0.717) is 13.0 Å². The van der Waals surface area contributed by atoms with E-state index in [1.54, 1.807) is 19.2 Å². The van der Waals surface area contributed by atoms with Crippen LogP contribution in [-0.2, 0) is 29.0 Å². The van der Waals surface area contributed by atoms with E-state index in [0.717, 1.165) is 44.2 Å². The summed E-state index contributed by atoms with van der Waals surface area (Å²) in [7, 11) is 1.58. The summed E-state index contributed by atoms with van der Waals surface area (Å²) in [5, 5.41) is 21.0. The Morgan fingerprint density at radius 1 is 1.26 bits per heavy atom. The van der Waals surface area contributed by atoms with Gasteiger partial charge in [-0.25, -0.2) is 0 Å². The van der Waals surface area contributed by atoms with Gasteiger partial charge >= 0.3 is 0 Å². The van der Waals surface area contributed by atoms with Crippen molar-refractivity contribution in [3.05, 3.63) is 41.5 Å². The number of nitrogens with one attached hydrogen (secondary N) is 1. The largest absolute Gasteiger partial charge is 0.508 e. The summed E-state index contributed by atoms with van der Waals surface area (Å²) < 4.78 is 7.07. The van der Waals surface area contributed by atoms with E-state index in [9.17, 15) is 9.90 Å². The van der Waals surface area contributed by atoms with Crippen LogP contribution in [0.5, 0.6) is 5.75 Å². The maximum atomic E-state index is 11.9. The van der Waals surface area contributed by atoms with E-state index in [2.05, 4.69) is 25.0 Å². The van der Waals surface area contributed by atoms with Crippen molar-refractivity contribution in [3.8, 4) is 5.75 Å². The monoisotopic (exact) mass is 373 g/mol. The molecule has 1 aromatic heterocycles. The van der Waals surface area contributed by atoms with Gasteiger partial charge in [0, 0.05) is 46.1 Å². The van der Waals surface area contributed by atoms with Crippen LogP contribution in [0, 0.1) is 0 Å². The molecule has 3 rings (SSSR count). The minimum absolute atomic E-state index is 0.0516. The molecule has 8 nitrogen and oxygen atoms in total. The van der Waals surface area contributed by atoms with E-state index < -0.39 is 0 Å².